The van der Waals surface area contributed by atoms with Crippen molar-refractivity contribution in [3.05, 3.63) is 52.4 Å². The van der Waals surface area contributed by atoms with Gasteiger partial charge in [-0.1, -0.05) is 11.6 Å². The molecule has 0 radical (unpaired) electrons. The highest BCUT2D eigenvalue weighted by molar-refractivity contribution is 6.36. The molecule has 36 heavy (non-hydrogen) atoms. The average molecular weight is 514 g/mol. The van der Waals surface area contributed by atoms with Crippen LogP contribution in [0.15, 0.2) is 30.7 Å². The summed E-state index contributed by atoms with van der Waals surface area (Å²) in [6.45, 7) is 1.67. The number of aliphatic hydroxyl groups is 1. The largest absolute Gasteiger partial charge is 0.394 e. The fraction of sp³-hybridized carbons (Fsp3) is 0.440. The summed E-state index contributed by atoms with van der Waals surface area (Å²) in [5.74, 6) is -0.0159. The van der Waals surface area contributed by atoms with Crippen molar-refractivity contribution >= 4 is 40.1 Å². The van der Waals surface area contributed by atoms with Crippen LogP contribution in [0.5, 0.6) is 0 Å². The Hall–Kier alpha value is -3.05. The summed E-state index contributed by atoms with van der Waals surface area (Å²) in [5, 5.41) is 16.4. The van der Waals surface area contributed by atoms with Crippen LogP contribution in [-0.4, -0.2) is 76.4 Å². The van der Waals surface area contributed by atoms with E-state index in [1.54, 1.807) is 18.3 Å². The molecular formula is C25H28ClN5O5. The predicted octanol–water partition coefficient (Wildman–Crippen LogP) is 2.70. The van der Waals surface area contributed by atoms with E-state index in [1.807, 2.05) is 0 Å². The van der Waals surface area contributed by atoms with Gasteiger partial charge in [0.05, 0.1) is 41.3 Å². The number of aromatic amines is 1. The fourth-order valence-corrected chi connectivity index (χ4v) is 4.87. The van der Waals surface area contributed by atoms with E-state index in [-0.39, 0.29) is 47.1 Å². The Morgan fingerprint density at radius 2 is 1.94 bits per heavy atom. The van der Waals surface area contributed by atoms with Crippen LogP contribution in [0.25, 0.3) is 11.0 Å². The highest BCUT2D eigenvalue weighted by Crippen LogP contribution is 2.29. The molecule has 0 unspecified atom stereocenters. The molecule has 1 aromatic carbocycles. The van der Waals surface area contributed by atoms with Crippen LogP contribution < -0.4 is 10.6 Å². The van der Waals surface area contributed by atoms with Crippen LogP contribution in [-0.2, 0) is 9.47 Å². The van der Waals surface area contributed by atoms with Crippen molar-refractivity contribution in [3.63, 3.8) is 0 Å². The second-order valence-electron chi connectivity index (χ2n) is 9.09. The molecule has 3 aromatic rings. The SMILES string of the molecule is O=C(NC1CCOCC1)c1ccc(C(=O)c2c[nH]c3ncnc(N[C@@H]4CC[C@@H](CO)OC4)c23)c(Cl)c1. The van der Waals surface area contributed by atoms with E-state index in [0.717, 1.165) is 25.7 Å². The van der Waals surface area contributed by atoms with Crippen molar-refractivity contribution in [1.29, 1.82) is 0 Å². The minimum Gasteiger partial charge on any atom is -0.394 e. The molecule has 11 heteroatoms. The summed E-state index contributed by atoms with van der Waals surface area (Å²) in [7, 11) is 0. The van der Waals surface area contributed by atoms with Gasteiger partial charge in [-0.25, -0.2) is 9.97 Å². The number of hydrogen-bond donors (Lipinski definition) is 4. The number of rotatable bonds is 7. The number of nitrogens with zero attached hydrogens (tertiary/aromatic N) is 2. The maximum absolute atomic E-state index is 13.5. The van der Waals surface area contributed by atoms with Crippen molar-refractivity contribution in [2.75, 3.05) is 31.7 Å². The maximum atomic E-state index is 13.5. The predicted molar refractivity (Wildman–Crippen MR) is 134 cm³/mol. The third kappa shape index (κ3) is 5.22. The Morgan fingerprint density at radius 1 is 1.11 bits per heavy atom. The molecule has 2 fully saturated rings. The number of nitrogens with one attached hydrogen (secondary N) is 3. The third-order valence-corrected chi connectivity index (χ3v) is 6.97. The first-order valence-corrected chi connectivity index (χ1v) is 12.4. The number of aromatic nitrogens is 3. The number of benzene rings is 1. The molecule has 2 saturated heterocycles. The lowest BCUT2D eigenvalue weighted by Crippen LogP contribution is -2.38. The Balaban J connectivity index is 1.35. The molecule has 0 aliphatic carbocycles. The van der Waals surface area contributed by atoms with Gasteiger partial charge in [-0.2, -0.15) is 0 Å². The molecule has 4 heterocycles. The fourth-order valence-electron chi connectivity index (χ4n) is 4.60. The zero-order valence-electron chi connectivity index (χ0n) is 19.6. The summed E-state index contributed by atoms with van der Waals surface area (Å²) in [6, 6.07) is 4.75. The molecule has 4 N–H and O–H groups in total. The van der Waals surface area contributed by atoms with Crippen LogP contribution in [0.3, 0.4) is 0 Å². The molecule has 10 nitrogen and oxygen atoms in total. The number of halogens is 1. The molecule has 0 saturated carbocycles. The van der Waals surface area contributed by atoms with Gasteiger partial charge in [-0.15, -0.1) is 0 Å². The lowest BCUT2D eigenvalue weighted by Gasteiger charge is -2.29. The van der Waals surface area contributed by atoms with Crippen molar-refractivity contribution in [2.45, 2.75) is 43.9 Å². The molecule has 0 bridgehead atoms. The monoisotopic (exact) mass is 513 g/mol. The second kappa shape index (κ2) is 10.9. The summed E-state index contributed by atoms with van der Waals surface area (Å²) >= 11 is 6.49. The second-order valence-corrected chi connectivity index (χ2v) is 9.50. The molecule has 2 atom stereocenters. The number of ketones is 1. The summed E-state index contributed by atoms with van der Waals surface area (Å²) < 4.78 is 11.0. The van der Waals surface area contributed by atoms with Gasteiger partial charge in [0.25, 0.3) is 5.91 Å². The lowest BCUT2D eigenvalue weighted by atomic mass is 10.0. The standard InChI is InChI=1S/C25H28ClN5O5/c26-20-9-14(25(34)31-15-5-7-35-8-6-15)1-4-18(20)22(33)19-10-27-23-21(19)24(29-13-28-23)30-16-2-3-17(11-32)36-12-16/h1,4,9-10,13,15-17,32H,2-3,5-8,11-12H2,(H,31,34)(H2,27,28,29,30)/t16-,17+/m1/s1. The average Bonchev–Trinajstić information content (AvgIpc) is 3.34. The normalized spacial score (nSPS) is 20.8. The van der Waals surface area contributed by atoms with E-state index in [0.29, 0.717) is 47.8 Å². The minimum absolute atomic E-state index is 0.00230. The van der Waals surface area contributed by atoms with E-state index in [1.165, 1.54) is 12.4 Å². The van der Waals surface area contributed by atoms with Gasteiger partial charge >= 0.3 is 0 Å². The van der Waals surface area contributed by atoms with Gasteiger partial charge in [0.15, 0.2) is 5.78 Å². The van der Waals surface area contributed by atoms with Gasteiger partial charge in [0.1, 0.15) is 17.8 Å². The number of fused-ring (bicyclic) bond motifs is 1. The molecule has 0 spiro atoms. The van der Waals surface area contributed by atoms with E-state index < -0.39 is 0 Å². The van der Waals surface area contributed by atoms with Crippen molar-refractivity contribution < 1.29 is 24.2 Å². The number of aliphatic hydroxyl groups excluding tert-OH is 1. The Morgan fingerprint density at radius 3 is 2.67 bits per heavy atom. The molecule has 2 aliphatic heterocycles. The first-order valence-electron chi connectivity index (χ1n) is 12.1. The van der Waals surface area contributed by atoms with Crippen molar-refractivity contribution in [2.24, 2.45) is 0 Å². The van der Waals surface area contributed by atoms with Crippen molar-refractivity contribution in [1.82, 2.24) is 20.3 Å². The zero-order valence-corrected chi connectivity index (χ0v) is 20.4. The topological polar surface area (TPSA) is 138 Å². The van der Waals surface area contributed by atoms with Gasteiger partial charge in [-0.05, 0) is 43.9 Å². The van der Waals surface area contributed by atoms with E-state index >= 15 is 0 Å². The quantitative estimate of drug-likeness (QED) is 0.354. The van der Waals surface area contributed by atoms with Gasteiger partial charge in [0.2, 0.25) is 0 Å². The Kier molecular flexibility index (Phi) is 7.47. The summed E-state index contributed by atoms with van der Waals surface area (Å²) in [6.07, 6.45) is 5.93. The zero-order chi connectivity index (χ0) is 25.1. The van der Waals surface area contributed by atoms with Gasteiger partial charge in [0, 0.05) is 36.6 Å². The minimum atomic E-state index is -0.305. The highest BCUT2D eigenvalue weighted by Gasteiger charge is 2.25. The van der Waals surface area contributed by atoms with Crippen LogP contribution >= 0.6 is 11.6 Å². The van der Waals surface area contributed by atoms with E-state index in [4.69, 9.17) is 21.1 Å². The highest BCUT2D eigenvalue weighted by atomic mass is 35.5. The first-order chi connectivity index (χ1) is 17.5. The number of carbonyl (C=O) groups excluding carboxylic acids is 2. The molecule has 2 aromatic heterocycles. The van der Waals surface area contributed by atoms with Crippen molar-refractivity contribution in [3.8, 4) is 0 Å². The van der Waals surface area contributed by atoms with Gasteiger partial charge in [-0.3, -0.25) is 9.59 Å². The number of carbonyl (C=O) groups is 2. The van der Waals surface area contributed by atoms with Crippen LogP contribution in [0, 0.1) is 0 Å². The first kappa shape index (κ1) is 24.6. The number of hydrogen-bond acceptors (Lipinski definition) is 8. The number of H-pyrrole nitrogens is 1. The molecular weight excluding hydrogens is 486 g/mol. The molecule has 5 rings (SSSR count). The molecule has 2 aliphatic rings. The smallest absolute Gasteiger partial charge is 0.251 e. The Labute approximate surface area is 212 Å². The number of anilines is 1. The van der Waals surface area contributed by atoms with E-state index in [9.17, 15) is 14.7 Å². The van der Waals surface area contributed by atoms with Crippen LogP contribution in [0.1, 0.15) is 52.0 Å². The van der Waals surface area contributed by atoms with E-state index in [2.05, 4.69) is 25.6 Å². The molecule has 190 valence electrons. The summed E-state index contributed by atoms with van der Waals surface area (Å²) in [4.78, 5) is 37.8. The maximum Gasteiger partial charge on any atom is 0.251 e. The van der Waals surface area contributed by atoms with Gasteiger partial charge < -0.3 is 30.2 Å². The van der Waals surface area contributed by atoms with Crippen LogP contribution in [0.2, 0.25) is 5.02 Å². The number of ether oxygens (including phenoxy) is 2. The summed E-state index contributed by atoms with van der Waals surface area (Å²) in [5.41, 5.74) is 1.57. The number of amides is 1. The Bertz CT molecular complexity index is 1250. The molecule has 1 amide bonds. The lowest BCUT2D eigenvalue weighted by molar-refractivity contribution is -0.0224. The van der Waals surface area contributed by atoms with Crippen LogP contribution in [0.4, 0.5) is 5.82 Å². The third-order valence-electron chi connectivity index (χ3n) is 6.66.